The molecule has 1 amide bonds. The molecule has 0 aliphatic carbocycles. The number of hydrogen-bond donors (Lipinski definition) is 0. The number of carbonyl (C=O) groups excluding carboxylic acids is 1. The molecule has 2 aromatic rings. The van der Waals surface area contributed by atoms with Gasteiger partial charge in [0.25, 0.3) is 5.91 Å². The second kappa shape index (κ2) is 8.43. The molecule has 11 heteroatoms. The highest BCUT2D eigenvalue weighted by Gasteiger charge is 2.39. The first-order valence-corrected chi connectivity index (χ1v) is 10.3. The van der Waals surface area contributed by atoms with Crippen LogP contribution in [0.3, 0.4) is 0 Å². The third kappa shape index (κ3) is 4.39. The van der Waals surface area contributed by atoms with Crippen LogP contribution in [-0.2, 0) is 11.0 Å². The average Bonchev–Trinajstić information content (AvgIpc) is 3.12. The van der Waals surface area contributed by atoms with Crippen molar-refractivity contribution in [1.82, 2.24) is 4.98 Å². The number of thioether (sulfide) groups is 1. The Morgan fingerprint density at radius 2 is 2.00 bits per heavy atom. The molecule has 0 saturated heterocycles. The van der Waals surface area contributed by atoms with E-state index in [-0.39, 0.29) is 23.1 Å². The van der Waals surface area contributed by atoms with Crippen molar-refractivity contribution in [2.45, 2.75) is 19.1 Å². The molecule has 1 aromatic carbocycles. The first-order chi connectivity index (χ1) is 14.0. The van der Waals surface area contributed by atoms with E-state index >= 15 is 0 Å². The number of amides is 1. The Bertz CT molecular complexity index is 1010. The zero-order valence-corrected chi connectivity index (χ0v) is 17.7. The third-order valence-corrected chi connectivity index (χ3v) is 5.50. The molecule has 30 heavy (non-hydrogen) atoms. The Morgan fingerprint density at radius 3 is 2.60 bits per heavy atom. The van der Waals surface area contributed by atoms with Crippen LogP contribution in [0.5, 0.6) is 0 Å². The van der Waals surface area contributed by atoms with Crippen LogP contribution >= 0.6 is 23.4 Å². The highest BCUT2D eigenvalue weighted by Crippen LogP contribution is 2.34. The van der Waals surface area contributed by atoms with Gasteiger partial charge in [0.05, 0.1) is 17.1 Å². The maximum Gasteiger partial charge on any atom is 0.416 e. The lowest BCUT2D eigenvalue weighted by molar-refractivity contribution is -0.137. The summed E-state index contributed by atoms with van der Waals surface area (Å²) in [6.07, 6.45) is -2.84. The quantitative estimate of drug-likeness (QED) is 0.619. The molecule has 0 fully saturated rings. The fraction of sp³-hybridized carbons (Fsp3) is 0.316. The lowest BCUT2D eigenvalue weighted by atomic mass is 10.1. The van der Waals surface area contributed by atoms with E-state index < -0.39 is 29.5 Å². The summed E-state index contributed by atoms with van der Waals surface area (Å²) in [6, 6.07) is 4.77. The molecule has 0 bridgehead atoms. The largest absolute Gasteiger partial charge is 0.416 e. The minimum atomic E-state index is -4.56. The first kappa shape index (κ1) is 22.4. The molecule has 1 aliphatic rings. The molecule has 0 unspecified atom stereocenters. The summed E-state index contributed by atoms with van der Waals surface area (Å²) in [7, 11) is 1.48. The fourth-order valence-corrected chi connectivity index (χ4v) is 3.84. The highest BCUT2D eigenvalue weighted by atomic mass is 35.5. The molecule has 1 atom stereocenters. The van der Waals surface area contributed by atoms with Crippen LogP contribution in [-0.4, -0.2) is 41.9 Å². The van der Waals surface area contributed by atoms with Crippen LogP contribution in [0.15, 0.2) is 35.3 Å². The predicted octanol–water partition coefficient (Wildman–Crippen LogP) is 4.77. The van der Waals surface area contributed by atoms with Gasteiger partial charge in [-0.2, -0.15) is 13.2 Å². The second-order valence-electron chi connectivity index (χ2n) is 6.56. The number of aromatic nitrogens is 1. The normalized spacial score (nSPS) is 16.6. The van der Waals surface area contributed by atoms with Gasteiger partial charge in [0.2, 0.25) is 0 Å². The molecule has 0 N–H and O–H groups in total. The monoisotopic (exact) mass is 460 g/mol. The van der Waals surface area contributed by atoms with Crippen LogP contribution < -0.4 is 9.80 Å². The number of aryl methyl sites for hydroxylation is 1. The molecular weight excluding hydrogens is 444 g/mol. The number of benzene rings is 1. The molecule has 1 aromatic heterocycles. The maximum atomic E-state index is 13.5. The molecule has 1 aliphatic heterocycles. The molecule has 0 spiro atoms. The van der Waals surface area contributed by atoms with Crippen LogP contribution in [0.25, 0.3) is 0 Å². The van der Waals surface area contributed by atoms with Gasteiger partial charge in [-0.3, -0.25) is 14.7 Å². The number of amidine groups is 1. The molecule has 5 nitrogen and oxygen atoms in total. The molecule has 2 heterocycles. The standard InChI is InChI=1S/C19H17ClF4N4OS/c1-10-6-11(19(22,23)24)7-16(26-10)28-15(9-25-18(28)30-3)17(29)27(2)12-4-5-14(21)13(20)8-12/h4-8,15H,9H2,1-3H3/t15-/m0/s1. The number of halogens is 5. The zero-order chi connectivity index (χ0) is 22.2. The van der Waals surface area contributed by atoms with E-state index in [1.165, 1.54) is 47.7 Å². The summed E-state index contributed by atoms with van der Waals surface area (Å²) in [5, 5.41) is 0.233. The van der Waals surface area contributed by atoms with Gasteiger partial charge >= 0.3 is 6.18 Å². The highest BCUT2D eigenvalue weighted by molar-refractivity contribution is 8.13. The summed E-state index contributed by atoms with van der Waals surface area (Å²) in [5.74, 6) is -1.08. The van der Waals surface area contributed by atoms with Gasteiger partial charge < -0.3 is 4.90 Å². The van der Waals surface area contributed by atoms with E-state index in [9.17, 15) is 22.4 Å². The summed E-state index contributed by atoms with van der Waals surface area (Å²) >= 11 is 7.00. The Kier molecular flexibility index (Phi) is 6.28. The van der Waals surface area contributed by atoms with Crippen molar-refractivity contribution in [2.75, 3.05) is 29.6 Å². The van der Waals surface area contributed by atoms with Crippen molar-refractivity contribution in [2.24, 2.45) is 4.99 Å². The fourth-order valence-electron chi connectivity index (χ4n) is 3.05. The van der Waals surface area contributed by atoms with Gasteiger partial charge in [0.15, 0.2) is 5.17 Å². The Balaban J connectivity index is 1.98. The average molecular weight is 461 g/mol. The molecular formula is C19H17ClF4N4OS. The van der Waals surface area contributed by atoms with Crippen LogP contribution in [0.1, 0.15) is 11.3 Å². The van der Waals surface area contributed by atoms with E-state index in [1.807, 2.05) is 0 Å². The van der Waals surface area contributed by atoms with Gasteiger partial charge in [-0.1, -0.05) is 23.4 Å². The zero-order valence-electron chi connectivity index (χ0n) is 16.2. The van der Waals surface area contributed by atoms with E-state index in [0.29, 0.717) is 10.9 Å². The first-order valence-electron chi connectivity index (χ1n) is 8.69. The Labute approximate surface area is 179 Å². The van der Waals surface area contributed by atoms with E-state index in [4.69, 9.17) is 11.6 Å². The van der Waals surface area contributed by atoms with Crippen molar-refractivity contribution < 1.29 is 22.4 Å². The Morgan fingerprint density at radius 1 is 1.30 bits per heavy atom. The predicted molar refractivity (Wildman–Crippen MR) is 111 cm³/mol. The number of likely N-dealkylation sites (N-methyl/N-ethyl adjacent to an activating group) is 1. The van der Waals surface area contributed by atoms with Crippen molar-refractivity contribution in [3.63, 3.8) is 0 Å². The van der Waals surface area contributed by atoms with Gasteiger partial charge in [-0.05, 0) is 43.5 Å². The lowest BCUT2D eigenvalue weighted by Gasteiger charge is -2.29. The van der Waals surface area contributed by atoms with Gasteiger partial charge in [0.1, 0.15) is 17.7 Å². The van der Waals surface area contributed by atoms with Crippen LogP contribution in [0, 0.1) is 12.7 Å². The van der Waals surface area contributed by atoms with Crippen LogP contribution in [0.2, 0.25) is 5.02 Å². The number of carbonyl (C=O) groups is 1. The van der Waals surface area contributed by atoms with Crippen LogP contribution in [0.4, 0.5) is 29.1 Å². The number of anilines is 2. The number of aliphatic imine (C=N–C) groups is 1. The number of pyridine rings is 1. The molecule has 0 radical (unpaired) electrons. The smallest absolute Gasteiger partial charge is 0.314 e. The summed E-state index contributed by atoms with van der Waals surface area (Å²) in [6.45, 7) is 1.50. The summed E-state index contributed by atoms with van der Waals surface area (Å²) in [4.78, 5) is 24.3. The number of rotatable bonds is 3. The van der Waals surface area contributed by atoms with Gasteiger partial charge in [-0.25, -0.2) is 9.37 Å². The maximum absolute atomic E-state index is 13.5. The topological polar surface area (TPSA) is 48.8 Å². The van der Waals surface area contributed by atoms with Gasteiger partial charge in [-0.15, -0.1) is 0 Å². The summed E-state index contributed by atoms with van der Waals surface area (Å²) < 4.78 is 53.3. The number of hydrogen-bond acceptors (Lipinski definition) is 5. The Hall–Kier alpha value is -2.33. The molecule has 3 rings (SSSR count). The second-order valence-corrected chi connectivity index (χ2v) is 7.74. The van der Waals surface area contributed by atoms with E-state index in [2.05, 4.69) is 9.98 Å². The van der Waals surface area contributed by atoms with Gasteiger partial charge in [0, 0.05) is 18.4 Å². The molecule has 160 valence electrons. The number of alkyl halides is 3. The van der Waals surface area contributed by atoms with Crippen molar-refractivity contribution in [3.8, 4) is 0 Å². The third-order valence-electron chi connectivity index (χ3n) is 4.52. The van der Waals surface area contributed by atoms with Crippen molar-refractivity contribution >= 4 is 45.9 Å². The minimum Gasteiger partial charge on any atom is -0.314 e. The SMILES string of the molecule is CSC1=NC[C@@H](C(=O)N(C)c2ccc(F)c(Cl)c2)N1c1cc(C(F)(F)F)cc(C)n1. The molecule has 0 saturated carbocycles. The van der Waals surface area contributed by atoms with Crippen molar-refractivity contribution in [1.29, 1.82) is 0 Å². The number of nitrogens with zero attached hydrogens (tertiary/aromatic N) is 4. The minimum absolute atomic E-state index is 0.0168. The van der Waals surface area contributed by atoms with E-state index in [0.717, 1.165) is 18.2 Å². The van der Waals surface area contributed by atoms with Crippen molar-refractivity contribution in [3.05, 3.63) is 52.4 Å². The van der Waals surface area contributed by atoms with E-state index in [1.54, 1.807) is 6.26 Å². The summed E-state index contributed by atoms with van der Waals surface area (Å²) in [5.41, 5.74) is -0.351. The lowest BCUT2D eigenvalue weighted by Crippen LogP contribution is -2.48.